The Kier molecular flexibility index (Phi) is 4.77. The van der Waals surface area contributed by atoms with Gasteiger partial charge in [-0.3, -0.25) is 0 Å². The highest BCUT2D eigenvalue weighted by Crippen LogP contribution is 2.20. The van der Waals surface area contributed by atoms with E-state index in [9.17, 15) is 0 Å². The average Bonchev–Trinajstić information content (AvgIpc) is 3.08. The van der Waals surface area contributed by atoms with E-state index in [1.807, 2.05) is 54.6 Å². The van der Waals surface area contributed by atoms with Crippen molar-refractivity contribution in [3.8, 4) is 22.5 Å². The van der Waals surface area contributed by atoms with Crippen molar-refractivity contribution in [3.05, 3.63) is 94.8 Å². The highest BCUT2D eigenvalue weighted by atomic mass is 32.1. The van der Waals surface area contributed by atoms with Crippen molar-refractivity contribution in [2.45, 2.75) is 6.92 Å². The smallest absolute Gasteiger partial charge is 0.216 e. The molecule has 4 rings (SSSR count). The fourth-order valence-corrected chi connectivity index (χ4v) is 2.98. The summed E-state index contributed by atoms with van der Waals surface area (Å²) in [5, 5.41) is 11.7. The molecule has 0 saturated carbocycles. The zero-order valence-corrected chi connectivity index (χ0v) is 15.6. The third kappa shape index (κ3) is 3.78. The molecule has 1 aromatic heterocycles. The minimum Gasteiger partial charge on any atom is -0.250 e. The molecular weight excluding hydrogens is 352 g/mol. The quantitative estimate of drug-likeness (QED) is 0.383. The van der Waals surface area contributed by atoms with Crippen LogP contribution in [0.4, 0.5) is 0 Å². The van der Waals surface area contributed by atoms with Gasteiger partial charge in [0.25, 0.3) is 0 Å². The molecule has 0 bridgehead atoms. The van der Waals surface area contributed by atoms with Crippen molar-refractivity contribution in [1.29, 1.82) is 0 Å². The van der Waals surface area contributed by atoms with Crippen molar-refractivity contribution in [1.82, 2.24) is 14.9 Å². The van der Waals surface area contributed by atoms with Gasteiger partial charge in [-0.05, 0) is 35.8 Å². The number of nitrogens with one attached hydrogen (secondary N) is 1. The molecule has 1 N–H and O–H groups in total. The van der Waals surface area contributed by atoms with Crippen LogP contribution < -0.4 is 0 Å². The van der Waals surface area contributed by atoms with Gasteiger partial charge in [0.1, 0.15) is 0 Å². The summed E-state index contributed by atoms with van der Waals surface area (Å²) < 4.78 is 2.10. The van der Waals surface area contributed by atoms with Crippen LogP contribution in [0.1, 0.15) is 11.1 Å². The molecule has 4 aromatic rings. The van der Waals surface area contributed by atoms with Crippen LogP contribution in [0.2, 0.25) is 0 Å². The van der Waals surface area contributed by atoms with E-state index in [1.165, 1.54) is 16.7 Å². The summed E-state index contributed by atoms with van der Waals surface area (Å²) in [5.74, 6) is 0.692. The molecule has 3 aromatic carbocycles. The van der Waals surface area contributed by atoms with Crippen LogP contribution in [0.5, 0.6) is 0 Å². The number of H-pyrrole nitrogens is 1. The van der Waals surface area contributed by atoms with Crippen molar-refractivity contribution < 1.29 is 0 Å². The summed E-state index contributed by atoms with van der Waals surface area (Å²) in [6.07, 6.45) is 1.79. The molecule has 0 aliphatic rings. The number of benzene rings is 3. The fourth-order valence-electron chi connectivity index (χ4n) is 2.80. The van der Waals surface area contributed by atoms with Gasteiger partial charge >= 0.3 is 0 Å². The number of aromatic nitrogens is 3. The fraction of sp³-hybridized carbons (Fsp3) is 0.0455. The van der Waals surface area contributed by atoms with Gasteiger partial charge < -0.3 is 0 Å². The van der Waals surface area contributed by atoms with Crippen LogP contribution in [-0.2, 0) is 0 Å². The summed E-state index contributed by atoms with van der Waals surface area (Å²) in [6, 6.07) is 26.7. The van der Waals surface area contributed by atoms with Gasteiger partial charge in [-0.1, -0.05) is 84.4 Å². The van der Waals surface area contributed by atoms with E-state index in [4.69, 9.17) is 12.2 Å². The second-order valence-corrected chi connectivity index (χ2v) is 6.65. The first-order chi connectivity index (χ1) is 13.2. The molecular formula is C22H18N4S. The predicted octanol–water partition coefficient (Wildman–Crippen LogP) is 5.47. The molecule has 0 fully saturated rings. The summed E-state index contributed by atoms with van der Waals surface area (Å²) in [6.45, 7) is 2.05. The van der Waals surface area contributed by atoms with Gasteiger partial charge in [-0.25, -0.2) is 5.10 Å². The Bertz CT molecular complexity index is 1120. The van der Waals surface area contributed by atoms with Crippen LogP contribution in [0.15, 0.2) is 84.0 Å². The number of nitrogens with zero attached hydrogens (tertiary/aromatic N) is 3. The van der Waals surface area contributed by atoms with E-state index in [-0.39, 0.29) is 0 Å². The number of aromatic amines is 1. The van der Waals surface area contributed by atoms with Crippen molar-refractivity contribution in [3.63, 3.8) is 0 Å². The molecule has 1 heterocycles. The lowest BCUT2D eigenvalue weighted by Crippen LogP contribution is -1.95. The zero-order chi connectivity index (χ0) is 18.6. The molecule has 0 saturated heterocycles. The summed E-state index contributed by atoms with van der Waals surface area (Å²) in [7, 11) is 0. The highest BCUT2D eigenvalue weighted by molar-refractivity contribution is 7.71. The molecule has 0 amide bonds. The van der Waals surface area contributed by atoms with Crippen molar-refractivity contribution in [2.24, 2.45) is 5.10 Å². The van der Waals surface area contributed by atoms with Gasteiger partial charge in [0, 0.05) is 5.56 Å². The van der Waals surface area contributed by atoms with Gasteiger partial charge in [0.2, 0.25) is 4.77 Å². The lowest BCUT2D eigenvalue weighted by atomic mass is 10.0. The maximum atomic E-state index is 5.33. The standard InChI is InChI=1S/C22H18N4S/c1-16-7-11-20(12-8-16)21-24-25-22(27)26(21)23-15-17-9-13-19(14-10-17)18-5-3-2-4-6-18/h2-15H,1H3,(H,25,27)/b23-15+. The van der Waals surface area contributed by atoms with Crippen LogP contribution in [0.3, 0.4) is 0 Å². The van der Waals surface area contributed by atoms with Gasteiger partial charge in [0.15, 0.2) is 5.82 Å². The number of aryl methyl sites for hydroxylation is 1. The maximum Gasteiger partial charge on any atom is 0.216 e. The minimum absolute atomic E-state index is 0.461. The Labute approximate surface area is 162 Å². The van der Waals surface area contributed by atoms with E-state index in [2.05, 4.69) is 46.5 Å². The molecule has 0 spiro atoms. The Hall–Kier alpha value is -3.31. The predicted molar refractivity (Wildman–Crippen MR) is 112 cm³/mol. The monoisotopic (exact) mass is 370 g/mol. The second kappa shape index (κ2) is 7.51. The third-order valence-corrected chi connectivity index (χ3v) is 4.56. The number of rotatable bonds is 4. The lowest BCUT2D eigenvalue weighted by Gasteiger charge is -2.03. The van der Waals surface area contributed by atoms with E-state index in [1.54, 1.807) is 10.9 Å². The van der Waals surface area contributed by atoms with E-state index in [0.29, 0.717) is 10.6 Å². The van der Waals surface area contributed by atoms with E-state index < -0.39 is 0 Å². The molecule has 0 aliphatic carbocycles. The first kappa shape index (κ1) is 17.1. The molecule has 0 atom stereocenters. The van der Waals surface area contributed by atoms with Gasteiger partial charge in [-0.15, -0.1) is 0 Å². The average molecular weight is 370 g/mol. The first-order valence-corrected chi connectivity index (χ1v) is 9.06. The van der Waals surface area contributed by atoms with Crippen LogP contribution in [0.25, 0.3) is 22.5 Å². The van der Waals surface area contributed by atoms with Crippen molar-refractivity contribution in [2.75, 3.05) is 0 Å². The second-order valence-electron chi connectivity index (χ2n) is 6.26. The van der Waals surface area contributed by atoms with Gasteiger partial charge in [0.05, 0.1) is 6.21 Å². The zero-order valence-electron chi connectivity index (χ0n) is 14.8. The Balaban J connectivity index is 1.61. The summed E-state index contributed by atoms with van der Waals surface area (Å²) in [4.78, 5) is 0. The summed E-state index contributed by atoms with van der Waals surface area (Å²) >= 11 is 5.33. The molecule has 27 heavy (non-hydrogen) atoms. The molecule has 5 heteroatoms. The van der Waals surface area contributed by atoms with Crippen molar-refractivity contribution >= 4 is 18.4 Å². The Morgan fingerprint density at radius 1 is 0.852 bits per heavy atom. The largest absolute Gasteiger partial charge is 0.250 e. The molecule has 0 unspecified atom stereocenters. The van der Waals surface area contributed by atoms with Crippen LogP contribution in [0, 0.1) is 11.7 Å². The first-order valence-electron chi connectivity index (χ1n) is 8.65. The SMILES string of the molecule is Cc1ccc(-c2n[nH]c(=S)n2/N=C/c2ccc(-c3ccccc3)cc2)cc1. The molecule has 0 aliphatic heterocycles. The third-order valence-electron chi connectivity index (χ3n) is 4.30. The Morgan fingerprint density at radius 3 is 2.19 bits per heavy atom. The Morgan fingerprint density at radius 2 is 1.48 bits per heavy atom. The van der Waals surface area contributed by atoms with Crippen LogP contribution in [-0.4, -0.2) is 21.1 Å². The van der Waals surface area contributed by atoms with E-state index >= 15 is 0 Å². The maximum absolute atomic E-state index is 5.33. The lowest BCUT2D eigenvalue weighted by molar-refractivity contribution is 0.871. The highest BCUT2D eigenvalue weighted by Gasteiger charge is 2.07. The minimum atomic E-state index is 0.461. The van der Waals surface area contributed by atoms with Gasteiger partial charge in [-0.2, -0.15) is 14.9 Å². The van der Waals surface area contributed by atoms with E-state index in [0.717, 1.165) is 11.1 Å². The number of hydrogen-bond donors (Lipinski definition) is 1. The topological polar surface area (TPSA) is 46.0 Å². The molecule has 4 nitrogen and oxygen atoms in total. The molecule has 132 valence electrons. The molecule has 0 radical (unpaired) electrons. The normalized spacial score (nSPS) is 11.1. The number of hydrogen-bond acceptors (Lipinski definition) is 3. The van der Waals surface area contributed by atoms with Crippen LogP contribution >= 0.6 is 12.2 Å². The summed E-state index contributed by atoms with van der Waals surface area (Å²) in [5.41, 5.74) is 5.52.